The zero-order valence-corrected chi connectivity index (χ0v) is 11.6. The Kier molecular flexibility index (Phi) is 4.90. The molecule has 2 aromatic rings. The molecule has 0 radical (unpaired) electrons. The Hall–Kier alpha value is -1.20. The Labute approximate surface area is 112 Å². The number of hydrogen-bond acceptors (Lipinski definition) is 4. The molecule has 1 aromatic heterocycles. The fraction of sp³-hybridized carbons (Fsp3) is 0.462. The fourth-order valence-electron chi connectivity index (χ4n) is 1.70. The van der Waals surface area contributed by atoms with Crippen LogP contribution in [-0.2, 0) is 0 Å². The molecule has 0 amide bonds. The van der Waals surface area contributed by atoms with Crippen molar-refractivity contribution in [3.63, 3.8) is 0 Å². The van der Waals surface area contributed by atoms with Crippen molar-refractivity contribution in [3.05, 3.63) is 18.2 Å². The molecule has 1 aromatic carbocycles. The minimum Gasteiger partial charge on any atom is -0.497 e. The van der Waals surface area contributed by atoms with Crippen molar-refractivity contribution >= 4 is 22.8 Å². The second-order valence-electron chi connectivity index (χ2n) is 3.98. The fourth-order valence-corrected chi connectivity index (χ4v) is 2.53. The Morgan fingerprint density at radius 1 is 1.44 bits per heavy atom. The summed E-state index contributed by atoms with van der Waals surface area (Å²) in [6.45, 7) is 4.23. The second-order valence-corrected chi connectivity index (χ2v) is 5.06. The molecule has 0 aliphatic heterocycles. The van der Waals surface area contributed by atoms with Gasteiger partial charge in [0.2, 0.25) is 0 Å². The lowest BCUT2D eigenvalue weighted by molar-refractivity contribution is 0.415. The van der Waals surface area contributed by atoms with Gasteiger partial charge in [0.05, 0.1) is 18.1 Å². The van der Waals surface area contributed by atoms with Crippen LogP contribution >= 0.6 is 11.8 Å². The topological polar surface area (TPSA) is 49.9 Å². The zero-order valence-electron chi connectivity index (χ0n) is 10.8. The van der Waals surface area contributed by atoms with Crippen molar-refractivity contribution in [2.24, 2.45) is 0 Å². The number of H-pyrrole nitrogens is 1. The number of thioether (sulfide) groups is 1. The third kappa shape index (κ3) is 3.40. The molecular weight excluding hydrogens is 246 g/mol. The zero-order chi connectivity index (χ0) is 12.8. The summed E-state index contributed by atoms with van der Waals surface area (Å²) in [5.74, 6) is 1.93. The maximum Gasteiger partial charge on any atom is 0.166 e. The molecule has 0 aliphatic rings. The molecule has 2 rings (SSSR count). The summed E-state index contributed by atoms with van der Waals surface area (Å²) in [5, 5.41) is 4.30. The van der Waals surface area contributed by atoms with E-state index in [9.17, 15) is 0 Å². The predicted molar refractivity (Wildman–Crippen MR) is 76.5 cm³/mol. The summed E-state index contributed by atoms with van der Waals surface area (Å²) in [7, 11) is 1.67. The molecule has 0 unspecified atom stereocenters. The highest BCUT2D eigenvalue weighted by molar-refractivity contribution is 7.99. The molecule has 0 spiro atoms. The lowest BCUT2D eigenvalue weighted by Gasteiger charge is -1.99. The Bertz CT molecular complexity index is 498. The van der Waals surface area contributed by atoms with Gasteiger partial charge in [-0.2, -0.15) is 0 Å². The van der Waals surface area contributed by atoms with Crippen LogP contribution in [0.1, 0.15) is 13.3 Å². The van der Waals surface area contributed by atoms with E-state index in [0.717, 1.165) is 47.2 Å². The minimum atomic E-state index is 0.856. The normalized spacial score (nSPS) is 11.0. The van der Waals surface area contributed by atoms with E-state index in [1.165, 1.54) is 0 Å². The minimum absolute atomic E-state index is 0.856. The van der Waals surface area contributed by atoms with Crippen molar-refractivity contribution < 1.29 is 4.74 Å². The summed E-state index contributed by atoms with van der Waals surface area (Å²) in [4.78, 5) is 7.85. The standard InChI is InChI=1S/C13H19N3OS/c1-3-14-7-4-8-18-13-15-11-6-5-10(17-2)9-12(11)16-13/h5-6,9,14H,3-4,7-8H2,1-2H3,(H,15,16). The van der Waals surface area contributed by atoms with Crippen LogP contribution in [-0.4, -0.2) is 35.9 Å². The molecular formula is C13H19N3OS. The maximum absolute atomic E-state index is 5.19. The highest BCUT2D eigenvalue weighted by Crippen LogP contribution is 2.23. The monoisotopic (exact) mass is 265 g/mol. The van der Waals surface area contributed by atoms with Crippen LogP contribution in [0.3, 0.4) is 0 Å². The summed E-state index contributed by atoms with van der Waals surface area (Å²) in [6.07, 6.45) is 1.15. The lowest BCUT2D eigenvalue weighted by Crippen LogP contribution is -2.14. The highest BCUT2D eigenvalue weighted by atomic mass is 32.2. The van der Waals surface area contributed by atoms with Crippen molar-refractivity contribution in [3.8, 4) is 5.75 Å². The SMILES string of the molecule is CCNCCCSc1nc2ccc(OC)cc2[nH]1. The van der Waals surface area contributed by atoms with Gasteiger partial charge in [0.25, 0.3) is 0 Å². The van der Waals surface area contributed by atoms with E-state index in [1.54, 1.807) is 18.9 Å². The van der Waals surface area contributed by atoms with E-state index in [4.69, 9.17) is 4.74 Å². The molecule has 0 aliphatic carbocycles. The third-order valence-electron chi connectivity index (χ3n) is 2.65. The highest BCUT2D eigenvalue weighted by Gasteiger charge is 2.04. The molecule has 5 heteroatoms. The Balaban J connectivity index is 1.93. The van der Waals surface area contributed by atoms with Crippen LogP contribution in [0.5, 0.6) is 5.75 Å². The molecule has 0 fully saturated rings. The number of aromatic amines is 1. The van der Waals surface area contributed by atoms with Gasteiger partial charge in [-0.05, 0) is 31.6 Å². The number of nitrogens with one attached hydrogen (secondary N) is 2. The van der Waals surface area contributed by atoms with Crippen LogP contribution in [0.15, 0.2) is 23.4 Å². The molecule has 4 nitrogen and oxygen atoms in total. The van der Waals surface area contributed by atoms with Gasteiger partial charge in [-0.15, -0.1) is 0 Å². The number of methoxy groups -OCH3 is 1. The molecule has 1 heterocycles. The number of benzene rings is 1. The van der Waals surface area contributed by atoms with Gasteiger partial charge in [0, 0.05) is 11.8 Å². The van der Waals surface area contributed by atoms with E-state index >= 15 is 0 Å². The number of nitrogens with zero attached hydrogens (tertiary/aromatic N) is 1. The van der Waals surface area contributed by atoms with Gasteiger partial charge in [0.1, 0.15) is 5.75 Å². The van der Waals surface area contributed by atoms with Crippen LogP contribution in [0.2, 0.25) is 0 Å². The second kappa shape index (κ2) is 6.66. The van der Waals surface area contributed by atoms with Crippen molar-refractivity contribution in [2.45, 2.75) is 18.5 Å². The van der Waals surface area contributed by atoms with Crippen LogP contribution in [0, 0.1) is 0 Å². The van der Waals surface area contributed by atoms with E-state index in [2.05, 4.69) is 22.2 Å². The Morgan fingerprint density at radius 3 is 3.11 bits per heavy atom. The van der Waals surface area contributed by atoms with Gasteiger partial charge < -0.3 is 15.0 Å². The van der Waals surface area contributed by atoms with Crippen molar-refractivity contribution in [2.75, 3.05) is 26.0 Å². The number of rotatable bonds is 7. The number of imidazole rings is 1. The quantitative estimate of drug-likeness (QED) is 0.597. The molecule has 18 heavy (non-hydrogen) atoms. The average molecular weight is 265 g/mol. The van der Waals surface area contributed by atoms with Gasteiger partial charge in [-0.25, -0.2) is 4.98 Å². The smallest absolute Gasteiger partial charge is 0.166 e. The number of ether oxygens (including phenoxy) is 1. The maximum atomic E-state index is 5.19. The molecule has 0 saturated heterocycles. The molecule has 0 saturated carbocycles. The summed E-state index contributed by atoms with van der Waals surface area (Å²) in [5.41, 5.74) is 2.02. The van der Waals surface area contributed by atoms with Crippen molar-refractivity contribution in [1.82, 2.24) is 15.3 Å². The third-order valence-corrected chi connectivity index (χ3v) is 3.61. The summed E-state index contributed by atoms with van der Waals surface area (Å²) < 4.78 is 5.19. The first kappa shape index (κ1) is 13.2. The lowest BCUT2D eigenvalue weighted by atomic mass is 10.3. The van der Waals surface area contributed by atoms with Crippen molar-refractivity contribution in [1.29, 1.82) is 0 Å². The van der Waals surface area contributed by atoms with E-state index in [-0.39, 0.29) is 0 Å². The van der Waals surface area contributed by atoms with Gasteiger partial charge >= 0.3 is 0 Å². The van der Waals surface area contributed by atoms with E-state index in [0.29, 0.717) is 0 Å². The number of fused-ring (bicyclic) bond motifs is 1. The largest absolute Gasteiger partial charge is 0.497 e. The summed E-state index contributed by atoms with van der Waals surface area (Å²) >= 11 is 1.76. The molecule has 98 valence electrons. The number of aromatic nitrogens is 2. The first-order valence-corrected chi connectivity index (χ1v) is 7.19. The van der Waals surface area contributed by atoms with Crippen LogP contribution < -0.4 is 10.1 Å². The first-order valence-electron chi connectivity index (χ1n) is 6.20. The predicted octanol–water partition coefficient (Wildman–Crippen LogP) is 2.66. The van der Waals surface area contributed by atoms with E-state index in [1.807, 2.05) is 18.2 Å². The van der Waals surface area contributed by atoms with Gasteiger partial charge in [0.15, 0.2) is 5.16 Å². The molecule has 2 N–H and O–H groups in total. The number of hydrogen-bond donors (Lipinski definition) is 2. The van der Waals surface area contributed by atoms with E-state index < -0.39 is 0 Å². The molecule has 0 bridgehead atoms. The summed E-state index contributed by atoms with van der Waals surface area (Å²) in [6, 6.07) is 5.89. The molecule has 0 atom stereocenters. The van der Waals surface area contributed by atoms with Gasteiger partial charge in [-0.3, -0.25) is 0 Å². The Morgan fingerprint density at radius 2 is 2.33 bits per heavy atom. The average Bonchev–Trinajstić information content (AvgIpc) is 2.80. The first-order chi connectivity index (χ1) is 8.83. The van der Waals surface area contributed by atoms with Crippen LogP contribution in [0.4, 0.5) is 0 Å². The van der Waals surface area contributed by atoms with Gasteiger partial charge in [-0.1, -0.05) is 18.7 Å². The van der Waals surface area contributed by atoms with Crippen LogP contribution in [0.25, 0.3) is 11.0 Å².